The van der Waals surface area contributed by atoms with Crippen LogP contribution >= 0.6 is 0 Å². The maximum Gasteiger partial charge on any atom is 0.323 e. The van der Waals surface area contributed by atoms with Crippen molar-refractivity contribution in [2.45, 2.75) is 13.5 Å². The lowest BCUT2D eigenvalue weighted by Gasteiger charge is -2.12. The summed E-state index contributed by atoms with van der Waals surface area (Å²) >= 11 is 0. The van der Waals surface area contributed by atoms with Gasteiger partial charge in [-0.2, -0.15) is 0 Å². The maximum atomic E-state index is 13.7. The average molecular weight is 309 g/mol. The van der Waals surface area contributed by atoms with E-state index < -0.39 is 5.97 Å². The molecule has 116 valence electrons. The van der Waals surface area contributed by atoms with Crippen LogP contribution in [0.4, 0.5) is 4.39 Å². The van der Waals surface area contributed by atoms with Gasteiger partial charge in [-0.25, -0.2) is 4.39 Å². The number of nitrogens with zero attached hydrogens (tertiary/aromatic N) is 1. The van der Waals surface area contributed by atoms with Crippen molar-refractivity contribution in [1.29, 1.82) is 0 Å². The molecule has 0 aliphatic rings. The van der Waals surface area contributed by atoms with E-state index in [4.69, 9.17) is 0 Å². The summed E-state index contributed by atoms with van der Waals surface area (Å²) in [6.07, 6.45) is 0. The summed E-state index contributed by atoms with van der Waals surface area (Å²) in [4.78, 5) is 11.2. The lowest BCUT2D eigenvalue weighted by molar-refractivity contribution is -0.137. The summed E-state index contributed by atoms with van der Waals surface area (Å²) in [5, 5.41) is 9.20. The van der Waals surface area contributed by atoms with Gasteiger partial charge < -0.3 is 9.67 Å². The minimum Gasteiger partial charge on any atom is -0.480 e. The van der Waals surface area contributed by atoms with Gasteiger partial charge in [0.25, 0.3) is 0 Å². The molecule has 0 unspecified atom stereocenters. The van der Waals surface area contributed by atoms with Gasteiger partial charge in [-0.3, -0.25) is 4.79 Å². The van der Waals surface area contributed by atoms with E-state index in [0.717, 1.165) is 22.5 Å². The third-order valence-electron chi connectivity index (χ3n) is 3.78. The van der Waals surface area contributed by atoms with E-state index in [1.54, 1.807) is 16.7 Å². The van der Waals surface area contributed by atoms with Crippen molar-refractivity contribution >= 4 is 5.97 Å². The Hall–Kier alpha value is -2.88. The first kappa shape index (κ1) is 15.0. The number of rotatable bonds is 4. The number of carboxylic acid groups (broad SMARTS) is 1. The van der Waals surface area contributed by atoms with Crippen molar-refractivity contribution in [3.05, 3.63) is 72.2 Å². The standard InChI is InChI=1S/C19H16FNO2/c1-13-10-17(14-6-3-2-4-7-14)19(21(13)12-18(22)23)15-8-5-9-16(20)11-15/h2-11H,12H2,1H3,(H,22,23). The van der Waals surface area contributed by atoms with E-state index in [2.05, 4.69) is 0 Å². The first-order chi connectivity index (χ1) is 11.1. The highest BCUT2D eigenvalue weighted by Crippen LogP contribution is 2.35. The predicted octanol–water partition coefficient (Wildman–Crippen LogP) is 4.35. The number of aromatic nitrogens is 1. The van der Waals surface area contributed by atoms with E-state index in [0.29, 0.717) is 5.56 Å². The third kappa shape index (κ3) is 3.01. The van der Waals surface area contributed by atoms with Gasteiger partial charge in [0.1, 0.15) is 12.4 Å². The zero-order valence-electron chi connectivity index (χ0n) is 12.7. The van der Waals surface area contributed by atoms with Crippen molar-refractivity contribution < 1.29 is 14.3 Å². The normalized spacial score (nSPS) is 10.7. The summed E-state index contributed by atoms with van der Waals surface area (Å²) in [5.74, 6) is -1.27. The monoisotopic (exact) mass is 309 g/mol. The number of carboxylic acids is 1. The Balaban J connectivity index is 2.27. The zero-order valence-corrected chi connectivity index (χ0v) is 12.7. The molecule has 0 aliphatic carbocycles. The molecule has 1 aromatic heterocycles. The molecule has 23 heavy (non-hydrogen) atoms. The van der Waals surface area contributed by atoms with E-state index in [-0.39, 0.29) is 12.4 Å². The van der Waals surface area contributed by atoms with Crippen LogP contribution in [0.5, 0.6) is 0 Å². The number of benzene rings is 2. The lowest BCUT2D eigenvalue weighted by Crippen LogP contribution is -2.11. The highest BCUT2D eigenvalue weighted by atomic mass is 19.1. The van der Waals surface area contributed by atoms with Gasteiger partial charge in [-0.05, 0) is 30.7 Å². The summed E-state index contributed by atoms with van der Waals surface area (Å²) in [6, 6.07) is 17.9. The van der Waals surface area contributed by atoms with Crippen LogP contribution in [0.2, 0.25) is 0 Å². The van der Waals surface area contributed by atoms with Crippen LogP contribution < -0.4 is 0 Å². The van der Waals surface area contributed by atoms with E-state index in [9.17, 15) is 14.3 Å². The van der Waals surface area contributed by atoms with Crippen molar-refractivity contribution in [3.63, 3.8) is 0 Å². The van der Waals surface area contributed by atoms with Crippen LogP contribution in [0, 0.1) is 12.7 Å². The molecule has 4 heteroatoms. The molecule has 0 amide bonds. The molecule has 1 N–H and O–H groups in total. The molecule has 0 bridgehead atoms. The SMILES string of the molecule is Cc1cc(-c2ccccc2)c(-c2cccc(F)c2)n1CC(=O)O. The highest BCUT2D eigenvalue weighted by Gasteiger charge is 2.18. The molecular formula is C19H16FNO2. The molecule has 0 fully saturated rings. The number of carbonyl (C=O) groups is 1. The van der Waals surface area contributed by atoms with E-state index >= 15 is 0 Å². The van der Waals surface area contributed by atoms with Gasteiger partial charge in [0.15, 0.2) is 0 Å². The smallest absolute Gasteiger partial charge is 0.323 e. The van der Waals surface area contributed by atoms with Crippen LogP contribution in [0.3, 0.4) is 0 Å². The summed E-state index contributed by atoms with van der Waals surface area (Å²) in [5.41, 5.74) is 4.08. The molecule has 1 heterocycles. The van der Waals surface area contributed by atoms with Crippen LogP contribution in [0.1, 0.15) is 5.69 Å². The van der Waals surface area contributed by atoms with E-state index in [1.807, 2.05) is 43.3 Å². The molecule has 0 spiro atoms. The predicted molar refractivity (Wildman–Crippen MR) is 87.6 cm³/mol. The number of aliphatic carboxylic acids is 1. The summed E-state index contributed by atoms with van der Waals surface area (Å²) < 4.78 is 15.4. The Morgan fingerprint density at radius 1 is 1.04 bits per heavy atom. The Bertz CT molecular complexity index is 853. The minimum atomic E-state index is -0.930. The van der Waals surface area contributed by atoms with Crippen molar-refractivity contribution in [1.82, 2.24) is 4.57 Å². The topological polar surface area (TPSA) is 42.2 Å². The van der Waals surface area contributed by atoms with Gasteiger partial charge in [0.05, 0.1) is 5.69 Å². The molecule has 0 saturated heterocycles. The Labute approximate surface area is 133 Å². The second-order valence-electron chi connectivity index (χ2n) is 5.40. The molecular weight excluding hydrogens is 293 g/mol. The average Bonchev–Trinajstić information content (AvgIpc) is 2.84. The zero-order chi connectivity index (χ0) is 16.4. The van der Waals surface area contributed by atoms with Gasteiger partial charge >= 0.3 is 5.97 Å². The van der Waals surface area contributed by atoms with Crippen LogP contribution in [0.25, 0.3) is 22.4 Å². The largest absolute Gasteiger partial charge is 0.480 e. The first-order valence-electron chi connectivity index (χ1n) is 7.29. The Kier molecular flexibility index (Phi) is 3.98. The Morgan fingerprint density at radius 2 is 1.74 bits per heavy atom. The Morgan fingerprint density at radius 3 is 2.39 bits per heavy atom. The minimum absolute atomic E-state index is 0.162. The van der Waals surface area contributed by atoms with Crippen LogP contribution in [-0.2, 0) is 11.3 Å². The summed E-state index contributed by atoms with van der Waals surface area (Å²) in [7, 11) is 0. The molecule has 2 aromatic carbocycles. The molecule has 3 aromatic rings. The van der Waals surface area contributed by atoms with Crippen molar-refractivity contribution in [2.24, 2.45) is 0 Å². The fourth-order valence-corrected chi connectivity index (χ4v) is 2.80. The molecule has 0 atom stereocenters. The van der Waals surface area contributed by atoms with Gasteiger partial charge in [-0.1, -0.05) is 42.5 Å². The quantitative estimate of drug-likeness (QED) is 0.778. The van der Waals surface area contributed by atoms with Gasteiger partial charge in [0.2, 0.25) is 0 Å². The number of halogens is 1. The van der Waals surface area contributed by atoms with Crippen LogP contribution in [0.15, 0.2) is 60.7 Å². The summed E-state index contributed by atoms with van der Waals surface area (Å²) in [6.45, 7) is 1.70. The second kappa shape index (κ2) is 6.08. The second-order valence-corrected chi connectivity index (χ2v) is 5.40. The molecule has 3 rings (SSSR count). The van der Waals surface area contributed by atoms with Crippen molar-refractivity contribution in [3.8, 4) is 22.4 Å². The van der Waals surface area contributed by atoms with Crippen LogP contribution in [-0.4, -0.2) is 15.6 Å². The lowest BCUT2D eigenvalue weighted by atomic mass is 10.0. The first-order valence-corrected chi connectivity index (χ1v) is 7.29. The van der Waals surface area contributed by atoms with Gasteiger partial charge in [0, 0.05) is 16.8 Å². The molecule has 0 aliphatic heterocycles. The molecule has 0 radical (unpaired) electrons. The van der Waals surface area contributed by atoms with Crippen molar-refractivity contribution in [2.75, 3.05) is 0 Å². The maximum absolute atomic E-state index is 13.7. The molecule has 0 saturated carbocycles. The fourth-order valence-electron chi connectivity index (χ4n) is 2.80. The highest BCUT2D eigenvalue weighted by molar-refractivity contribution is 5.83. The fraction of sp³-hybridized carbons (Fsp3) is 0.105. The number of hydrogen-bond acceptors (Lipinski definition) is 1. The van der Waals surface area contributed by atoms with Gasteiger partial charge in [-0.15, -0.1) is 0 Å². The third-order valence-corrected chi connectivity index (χ3v) is 3.78. The molecule has 3 nitrogen and oxygen atoms in total. The number of hydrogen-bond donors (Lipinski definition) is 1. The van der Waals surface area contributed by atoms with E-state index in [1.165, 1.54) is 12.1 Å². The number of aryl methyl sites for hydroxylation is 1.